The zero-order valence-corrected chi connectivity index (χ0v) is 12.6. The van der Waals surface area contributed by atoms with Gasteiger partial charge in [-0.15, -0.1) is 0 Å². The topological polar surface area (TPSA) is 12.0 Å². The summed E-state index contributed by atoms with van der Waals surface area (Å²) in [6.45, 7) is 7.64. The highest BCUT2D eigenvalue weighted by atomic mass is 14.9. The normalized spacial score (nSPS) is 17.1. The van der Waals surface area contributed by atoms with Gasteiger partial charge in [0.05, 0.1) is 0 Å². The quantitative estimate of drug-likeness (QED) is 0.774. The van der Waals surface area contributed by atoms with Crippen molar-refractivity contribution in [2.75, 3.05) is 6.54 Å². The molecule has 0 amide bonds. The Bertz CT molecular complexity index is 425. The Balaban J connectivity index is 2.13. The second kappa shape index (κ2) is 6.91. The third-order valence-electron chi connectivity index (χ3n) is 3.95. The smallest absolute Gasteiger partial charge is 0.0319 e. The molecule has 0 heterocycles. The van der Waals surface area contributed by atoms with E-state index in [0.29, 0.717) is 6.04 Å². The first-order chi connectivity index (χ1) is 9.19. The van der Waals surface area contributed by atoms with Crippen LogP contribution < -0.4 is 5.32 Å². The molecule has 1 N–H and O–H groups in total. The molecule has 0 fully saturated rings. The molecule has 0 saturated heterocycles. The van der Waals surface area contributed by atoms with E-state index in [0.717, 1.165) is 13.0 Å². The Kier molecular flexibility index (Phi) is 5.21. The van der Waals surface area contributed by atoms with E-state index in [1.807, 2.05) is 0 Å². The van der Waals surface area contributed by atoms with Gasteiger partial charge in [-0.25, -0.2) is 0 Å². The zero-order chi connectivity index (χ0) is 13.7. The number of hydrogen-bond donors (Lipinski definition) is 1. The monoisotopic (exact) mass is 257 g/mol. The summed E-state index contributed by atoms with van der Waals surface area (Å²) in [6.07, 6.45) is 8.88. The molecule has 1 aliphatic carbocycles. The predicted molar refractivity (Wildman–Crippen MR) is 83.6 cm³/mol. The lowest BCUT2D eigenvalue weighted by molar-refractivity contribution is 0.541. The van der Waals surface area contributed by atoms with Crippen LogP contribution >= 0.6 is 0 Å². The SMILES string of the molecule is CCNC(Cc1cc(C)cc(C)c1)C1=CCCCC1. The average molecular weight is 257 g/mol. The van der Waals surface area contributed by atoms with E-state index in [1.54, 1.807) is 5.57 Å². The largest absolute Gasteiger partial charge is 0.310 e. The van der Waals surface area contributed by atoms with Gasteiger partial charge in [0, 0.05) is 6.04 Å². The van der Waals surface area contributed by atoms with Crippen molar-refractivity contribution >= 4 is 0 Å². The fraction of sp³-hybridized carbons (Fsp3) is 0.556. The standard InChI is InChI=1S/C18H27N/c1-4-19-18(17-8-6-5-7-9-17)13-16-11-14(2)10-15(3)12-16/h8,10-12,18-19H,4-7,9,13H2,1-3H3. The molecule has 1 heteroatoms. The lowest BCUT2D eigenvalue weighted by atomic mass is 9.89. The van der Waals surface area contributed by atoms with Crippen LogP contribution in [0.4, 0.5) is 0 Å². The van der Waals surface area contributed by atoms with Crippen LogP contribution in [0.1, 0.15) is 49.3 Å². The Hall–Kier alpha value is -1.08. The molecular formula is C18H27N. The van der Waals surface area contributed by atoms with Crippen LogP contribution in [0.15, 0.2) is 29.8 Å². The van der Waals surface area contributed by atoms with Crippen LogP contribution in [0.5, 0.6) is 0 Å². The van der Waals surface area contributed by atoms with Gasteiger partial charge in [-0.05, 0) is 58.1 Å². The summed E-state index contributed by atoms with van der Waals surface area (Å²) in [4.78, 5) is 0. The molecule has 19 heavy (non-hydrogen) atoms. The molecule has 104 valence electrons. The van der Waals surface area contributed by atoms with Crippen molar-refractivity contribution in [2.24, 2.45) is 0 Å². The Morgan fingerprint density at radius 2 is 1.84 bits per heavy atom. The van der Waals surface area contributed by atoms with Gasteiger partial charge in [0.25, 0.3) is 0 Å². The molecule has 1 unspecified atom stereocenters. The summed E-state index contributed by atoms with van der Waals surface area (Å²) in [6, 6.07) is 7.46. The molecule has 0 aliphatic heterocycles. The maximum absolute atomic E-state index is 3.67. The molecule has 0 bridgehead atoms. The summed E-state index contributed by atoms with van der Waals surface area (Å²) in [5.74, 6) is 0. The zero-order valence-electron chi connectivity index (χ0n) is 12.6. The summed E-state index contributed by atoms with van der Waals surface area (Å²) in [5.41, 5.74) is 5.85. The summed E-state index contributed by atoms with van der Waals surface area (Å²) in [5, 5.41) is 3.67. The van der Waals surface area contributed by atoms with Crippen molar-refractivity contribution in [2.45, 2.75) is 58.9 Å². The molecule has 0 aromatic heterocycles. The second-order valence-electron chi connectivity index (χ2n) is 5.84. The highest BCUT2D eigenvalue weighted by molar-refractivity contribution is 5.30. The van der Waals surface area contributed by atoms with Crippen molar-refractivity contribution in [3.8, 4) is 0 Å². The Labute approximate surface area is 118 Å². The fourth-order valence-corrected chi connectivity index (χ4v) is 3.18. The van der Waals surface area contributed by atoms with Crippen LogP contribution in [-0.2, 0) is 6.42 Å². The molecule has 1 aliphatic rings. The van der Waals surface area contributed by atoms with Crippen LogP contribution in [0.2, 0.25) is 0 Å². The van der Waals surface area contributed by atoms with Crippen molar-refractivity contribution in [3.63, 3.8) is 0 Å². The lowest BCUT2D eigenvalue weighted by Crippen LogP contribution is -2.33. The molecule has 0 radical (unpaired) electrons. The van der Waals surface area contributed by atoms with Gasteiger partial charge >= 0.3 is 0 Å². The van der Waals surface area contributed by atoms with E-state index in [4.69, 9.17) is 0 Å². The van der Waals surface area contributed by atoms with Gasteiger partial charge in [-0.3, -0.25) is 0 Å². The van der Waals surface area contributed by atoms with Gasteiger partial charge in [0.2, 0.25) is 0 Å². The maximum Gasteiger partial charge on any atom is 0.0319 e. The minimum absolute atomic E-state index is 0.534. The van der Waals surface area contributed by atoms with E-state index < -0.39 is 0 Å². The minimum Gasteiger partial charge on any atom is -0.310 e. The van der Waals surface area contributed by atoms with Crippen LogP contribution in [-0.4, -0.2) is 12.6 Å². The van der Waals surface area contributed by atoms with E-state index in [2.05, 4.69) is 50.4 Å². The number of hydrogen-bond acceptors (Lipinski definition) is 1. The molecule has 0 spiro atoms. The van der Waals surface area contributed by atoms with Gasteiger partial charge in [0.15, 0.2) is 0 Å². The number of likely N-dealkylation sites (N-methyl/N-ethyl adjacent to an activating group) is 1. The molecule has 2 rings (SSSR count). The van der Waals surface area contributed by atoms with Crippen LogP contribution in [0.25, 0.3) is 0 Å². The molecule has 0 saturated carbocycles. The first kappa shape index (κ1) is 14.3. The Morgan fingerprint density at radius 1 is 1.11 bits per heavy atom. The predicted octanol–water partition coefficient (Wildman–Crippen LogP) is 4.32. The van der Waals surface area contributed by atoms with Crippen LogP contribution in [0.3, 0.4) is 0 Å². The molecule has 1 atom stereocenters. The summed E-state index contributed by atoms with van der Waals surface area (Å²) >= 11 is 0. The number of benzene rings is 1. The van der Waals surface area contributed by atoms with Gasteiger partial charge in [0.1, 0.15) is 0 Å². The van der Waals surface area contributed by atoms with E-state index >= 15 is 0 Å². The summed E-state index contributed by atoms with van der Waals surface area (Å²) < 4.78 is 0. The number of allylic oxidation sites excluding steroid dienone is 1. The number of aryl methyl sites for hydroxylation is 2. The van der Waals surface area contributed by atoms with Crippen molar-refractivity contribution in [1.82, 2.24) is 5.32 Å². The molecule has 1 aromatic rings. The summed E-state index contributed by atoms with van der Waals surface area (Å²) in [7, 11) is 0. The molecule has 1 aromatic carbocycles. The average Bonchev–Trinajstić information content (AvgIpc) is 2.38. The number of rotatable bonds is 5. The van der Waals surface area contributed by atoms with Gasteiger partial charge < -0.3 is 5.32 Å². The third-order valence-corrected chi connectivity index (χ3v) is 3.95. The van der Waals surface area contributed by atoms with Gasteiger partial charge in [-0.1, -0.05) is 47.9 Å². The first-order valence-electron chi connectivity index (χ1n) is 7.68. The van der Waals surface area contributed by atoms with E-state index in [-0.39, 0.29) is 0 Å². The maximum atomic E-state index is 3.67. The van der Waals surface area contributed by atoms with Crippen molar-refractivity contribution in [3.05, 3.63) is 46.5 Å². The van der Waals surface area contributed by atoms with Gasteiger partial charge in [-0.2, -0.15) is 0 Å². The highest BCUT2D eigenvalue weighted by Gasteiger charge is 2.16. The number of nitrogens with one attached hydrogen (secondary N) is 1. The molecule has 1 nitrogen and oxygen atoms in total. The molecular weight excluding hydrogens is 230 g/mol. The van der Waals surface area contributed by atoms with Crippen molar-refractivity contribution in [1.29, 1.82) is 0 Å². The lowest BCUT2D eigenvalue weighted by Gasteiger charge is -2.24. The Morgan fingerprint density at radius 3 is 2.42 bits per heavy atom. The van der Waals surface area contributed by atoms with E-state index in [1.165, 1.54) is 42.4 Å². The van der Waals surface area contributed by atoms with Crippen LogP contribution in [0, 0.1) is 13.8 Å². The van der Waals surface area contributed by atoms with E-state index in [9.17, 15) is 0 Å². The highest BCUT2D eigenvalue weighted by Crippen LogP contribution is 2.23. The second-order valence-corrected chi connectivity index (χ2v) is 5.84. The van der Waals surface area contributed by atoms with Crippen molar-refractivity contribution < 1.29 is 0 Å². The third kappa shape index (κ3) is 4.21. The first-order valence-corrected chi connectivity index (χ1v) is 7.68. The minimum atomic E-state index is 0.534. The fourth-order valence-electron chi connectivity index (χ4n) is 3.18.